The fourth-order valence-electron chi connectivity index (χ4n) is 2.04. The van der Waals surface area contributed by atoms with Crippen molar-refractivity contribution >= 4 is 17.5 Å². The molecule has 3 nitrogen and oxygen atoms in total. The van der Waals surface area contributed by atoms with Crippen LogP contribution in [-0.2, 0) is 11.2 Å². The summed E-state index contributed by atoms with van der Waals surface area (Å²) in [4.78, 5) is 11.9. The summed E-state index contributed by atoms with van der Waals surface area (Å²) < 4.78 is 5.62. The fourth-order valence-corrected chi connectivity index (χ4v) is 2.16. The van der Waals surface area contributed by atoms with Crippen LogP contribution in [0.2, 0.25) is 5.02 Å². The van der Waals surface area contributed by atoms with Gasteiger partial charge in [-0.2, -0.15) is 0 Å². The molecule has 0 fully saturated rings. The van der Waals surface area contributed by atoms with Crippen LogP contribution in [0.5, 0.6) is 5.75 Å². The van der Waals surface area contributed by atoms with Gasteiger partial charge in [0.1, 0.15) is 12.4 Å². The molecule has 1 amide bonds. The molecular formula is C18H20ClNO2. The molecule has 0 spiro atoms. The zero-order valence-electron chi connectivity index (χ0n) is 12.6. The predicted octanol–water partition coefficient (Wildman–Crippen LogP) is 3.86. The number of carbonyl (C=O) groups excluding carboxylic acids is 1. The quantitative estimate of drug-likeness (QED) is 0.842. The van der Waals surface area contributed by atoms with Crippen LogP contribution in [0.3, 0.4) is 0 Å². The van der Waals surface area contributed by atoms with Crippen LogP contribution < -0.4 is 10.1 Å². The zero-order valence-corrected chi connectivity index (χ0v) is 13.3. The Morgan fingerprint density at radius 3 is 2.50 bits per heavy atom. The van der Waals surface area contributed by atoms with Crippen molar-refractivity contribution < 1.29 is 9.53 Å². The average molecular weight is 318 g/mol. The third-order valence-corrected chi connectivity index (χ3v) is 3.46. The lowest BCUT2D eigenvalue weighted by Crippen LogP contribution is -2.36. The molecule has 0 radical (unpaired) electrons. The van der Waals surface area contributed by atoms with E-state index in [-0.39, 0.29) is 11.9 Å². The Morgan fingerprint density at radius 2 is 1.82 bits per heavy atom. The lowest BCUT2D eigenvalue weighted by molar-refractivity contribution is -0.121. The molecule has 116 valence electrons. The summed E-state index contributed by atoms with van der Waals surface area (Å²) in [7, 11) is 0. The van der Waals surface area contributed by atoms with Gasteiger partial charge in [0.2, 0.25) is 5.91 Å². The Hall–Kier alpha value is -2.00. The number of hydrogen-bond donors (Lipinski definition) is 1. The summed E-state index contributed by atoms with van der Waals surface area (Å²) in [5, 5.41) is 3.65. The number of hydrogen-bond acceptors (Lipinski definition) is 2. The highest BCUT2D eigenvalue weighted by atomic mass is 35.5. The molecular weight excluding hydrogens is 298 g/mol. The molecule has 4 heteroatoms. The van der Waals surface area contributed by atoms with Crippen LogP contribution >= 0.6 is 11.6 Å². The van der Waals surface area contributed by atoms with Gasteiger partial charge >= 0.3 is 0 Å². The van der Waals surface area contributed by atoms with Gasteiger partial charge in [0.15, 0.2) is 0 Å². The first kappa shape index (κ1) is 16.4. The summed E-state index contributed by atoms with van der Waals surface area (Å²) in [6, 6.07) is 17.1. The van der Waals surface area contributed by atoms with Crippen molar-refractivity contribution in [3.63, 3.8) is 0 Å². The van der Waals surface area contributed by atoms with Crippen LogP contribution in [0.4, 0.5) is 0 Å². The molecule has 0 aliphatic carbocycles. The van der Waals surface area contributed by atoms with Crippen LogP contribution in [0.1, 0.15) is 18.9 Å². The van der Waals surface area contributed by atoms with Crippen LogP contribution in [0.15, 0.2) is 54.6 Å². The molecule has 0 aliphatic rings. The maximum absolute atomic E-state index is 11.9. The lowest BCUT2D eigenvalue weighted by atomic mass is 10.1. The van der Waals surface area contributed by atoms with Gasteiger partial charge in [-0.25, -0.2) is 0 Å². The molecule has 0 aliphatic heterocycles. The Morgan fingerprint density at radius 1 is 1.14 bits per heavy atom. The highest BCUT2D eigenvalue weighted by Gasteiger charge is 2.08. The van der Waals surface area contributed by atoms with Gasteiger partial charge in [-0.3, -0.25) is 4.79 Å². The minimum absolute atomic E-state index is 0.0270. The van der Waals surface area contributed by atoms with Crippen LogP contribution in [0.25, 0.3) is 0 Å². The Labute approximate surface area is 136 Å². The van der Waals surface area contributed by atoms with Gasteiger partial charge in [-0.15, -0.1) is 0 Å². The van der Waals surface area contributed by atoms with Crippen molar-refractivity contribution in [2.45, 2.75) is 25.8 Å². The maximum Gasteiger partial charge on any atom is 0.220 e. The third kappa shape index (κ3) is 5.78. The van der Waals surface area contributed by atoms with E-state index in [1.54, 1.807) is 0 Å². The Bertz CT molecular complexity index is 584. The second kappa shape index (κ2) is 8.44. The van der Waals surface area contributed by atoms with Crippen molar-refractivity contribution in [3.8, 4) is 5.75 Å². The lowest BCUT2D eigenvalue weighted by Gasteiger charge is -2.15. The first-order valence-corrected chi connectivity index (χ1v) is 7.73. The summed E-state index contributed by atoms with van der Waals surface area (Å²) in [6.45, 7) is 2.39. The molecule has 1 N–H and O–H groups in total. The summed E-state index contributed by atoms with van der Waals surface area (Å²) in [6.07, 6.45) is 1.16. The van der Waals surface area contributed by atoms with E-state index in [1.165, 1.54) is 0 Å². The third-order valence-electron chi connectivity index (χ3n) is 3.20. The van der Waals surface area contributed by atoms with Gasteiger partial charge in [0.05, 0.1) is 6.04 Å². The standard InChI is InChI=1S/C18H20ClNO2/c1-14(13-22-17-5-3-2-4-6-17)20-18(21)12-9-15-7-10-16(19)11-8-15/h2-8,10-11,14H,9,12-13H2,1H3,(H,20,21)/t14-/m0/s1. The van der Waals surface area contributed by atoms with Gasteiger partial charge in [0.25, 0.3) is 0 Å². The summed E-state index contributed by atoms with van der Waals surface area (Å²) in [5.74, 6) is 0.837. The number of rotatable bonds is 7. The van der Waals surface area contributed by atoms with Crippen LogP contribution in [0, 0.1) is 0 Å². The molecule has 2 aromatic carbocycles. The molecule has 22 heavy (non-hydrogen) atoms. The van der Waals surface area contributed by atoms with Gasteiger partial charge in [0, 0.05) is 11.4 Å². The van der Waals surface area contributed by atoms with E-state index in [9.17, 15) is 4.79 Å². The average Bonchev–Trinajstić information content (AvgIpc) is 2.53. The van der Waals surface area contributed by atoms with E-state index in [1.807, 2.05) is 61.5 Å². The Kier molecular flexibility index (Phi) is 6.28. The van der Waals surface area contributed by atoms with Gasteiger partial charge < -0.3 is 10.1 Å². The summed E-state index contributed by atoms with van der Waals surface area (Å²) in [5.41, 5.74) is 1.10. The molecule has 0 aromatic heterocycles. The number of nitrogens with one attached hydrogen (secondary N) is 1. The predicted molar refractivity (Wildman–Crippen MR) is 89.3 cm³/mol. The number of amides is 1. The number of aryl methyl sites for hydroxylation is 1. The monoisotopic (exact) mass is 317 g/mol. The normalized spacial score (nSPS) is 11.7. The Balaban J connectivity index is 1.68. The minimum Gasteiger partial charge on any atom is -0.491 e. The second-order valence-electron chi connectivity index (χ2n) is 5.22. The highest BCUT2D eigenvalue weighted by Crippen LogP contribution is 2.11. The van der Waals surface area contributed by atoms with Crippen molar-refractivity contribution in [1.82, 2.24) is 5.32 Å². The molecule has 0 saturated heterocycles. The maximum atomic E-state index is 11.9. The van der Waals surface area contributed by atoms with Crippen LogP contribution in [-0.4, -0.2) is 18.6 Å². The largest absolute Gasteiger partial charge is 0.491 e. The second-order valence-corrected chi connectivity index (χ2v) is 5.66. The molecule has 0 heterocycles. The number of benzene rings is 2. The van der Waals surface area contributed by atoms with Crippen molar-refractivity contribution in [2.75, 3.05) is 6.61 Å². The van der Waals surface area contributed by atoms with Crippen molar-refractivity contribution in [1.29, 1.82) is 0 Å². The summed E-state index contributed by atoms with van der Waals surface area (Å²) >= 11 is 5.84. The number of para-hydroxylation sites is 1. The number of carbonyl (C=O) groups is 1. The molecule has 2 aromatic rings. The fraction of sp³-hybridized carbons (Fsp3) is 0.278. The number of ether oxygens (including phenoxy) is 1. The van der Waals surface area contributed by atoms with E-state index in [2.05, 4.69) is 5.32 Å². The van der Waals surface area contributed by atoms with Gasteiger partial charge in [-0.05, 0) is 43.2 Å². The first-order chi connectivity index (χ1) is 10.6. The molecule has 0 bridgehead atoms. The smallest absolute Gasteiger partial charge is 0.220 e. The van der Waals surface area contributed by atoms with E-state index >= 15 is 0 Å². The zero-order chi connectivity index (χ0) is 15.8. The topological polar surface area (TPSA) is 38.3 Å². The molecule has 0 unspecified atom stereocenters. The molecule has 1 atom stereocenters. The SMILES string of the molecule is C[C@@H](COc1ccccc1)NC(=O)CCc1ccc(Cl)cc1. The number of halogens is 1. The van der Waals surface area contributed by atoms with Crippen molar-refractivity contribution in [3.05, 3.63) is 65.2 Å². The van der Waals surface area contributed by atoms with E-state index < -0.39 is 0 Å². The highest BCUT2D eigenvalue weighted by molar-refractivity contribution is 6.30. The molecule has 0 saturated carbocycles. The van der Waals surface area contributed by atoms with Crippen molar-refractivity contribution in [2.24, 2.45) is 0 Å². The first-order valence-electron chi connectivity index (χ1n) is 7.35. The minimum atomic E-state index is -0.0297. The van der Waals surface area contributed by atoms with E-state index in [0.29, 0.717) is 24.5 Å². The van der Waals surface area contributed by atoms with E-state index in [0.717, 1.165) is 11.3 Å². The van der Waals surface area contributed by atoms with E-state index in [4.69, 9.17) is 16.3 Å². The van der Waals surface area contributed by atoms with Gasteiger partial charge in [-0.1, -0.05) is 41.9 Å². The molecule has 2 rings (SSSR count).